The number of rotatable bonds is 2. The molecule has 1 rings (SSSR count). The normalized spacial score (nSPS) is 12.9. The van der Waals surface area contributed by atoms with Gasteiger partial charge in [-0.2, -0.15) is 11.8 Å². The Labute approximate surface area is 72.0 Å². The fourth-order valence-electron chi connectivity index (χ4n) is 0.948. The largest absolute Gasteiger partial charge is 0.399 e. The van der Waals surface area contributed by atoms with E-state index < -0.39 is 0 Å². The molecule has 2 N–H and O–H groups in total. The Kier molecular flexibility index (Phi) is 2.83. The van der Waals surface area contributed by atoms with Crippen LogP contribution in [-0.4, -0.2) is 6.26 Å². The molecule has 0 saturated carbocycles. The summed E-state index contributed by atoms with van der Waals surface area (Å²) in [5.74, 6) is 0. The molecule has 1 aromatic rings. The molecule has 0 spiro atoms. The minimum absolute atomic E-state index is 0.540. The molecule has 0 aromatic heterocycles. The van der Waals surface area contributed by atoms with E-state index >= 15 is 0 Å². The van der Waals surface area contributed by atoms with Crippen molar-refractivity contribution in [1.82, 2.24) is 0 Å². The third kappa shape index (κ3) is 2.15. The molecule has 0 aliphatic rings. The van der Waals surface area contributed by atoms with Gasteiger partial charge in [-0.15, -0.1) is 0 Å². The first-order valence-corrected chi connectivity index (χ1v) is 4.91. The average Bonchev–Trinajstić information content (AvgIpc) is 2.03. The van der Waals surface area contributed by atoms with Crippen LogP contribution in [-0.2, 0) is 0 Å². The van der Waals surface area contributed by atoms with E-state index in [1.165, 1.54) is 5.56 Å². The number of thioether (sulfide) groups is 1. The van der Waals surface area contributed by atoms with Crippen LogP contribution >= 0.6 is 11.8 Å². The fraction of sp³-hybridized carbons (Fsp3) is 0.333. The number of anilines is 1. The quantitative estimate of drug-likeness (QED) is 0.685. The standard InChI is InChI=1S/C9H13NS/c1-7(11-2)8-4-3-5-9(10)6-8/h3-7H,10H2,1-2H3/t7-/m0/s1. The molecule has 1 aromatic carbocycles. The molecule has 0 amide bonds. The van der Waals surface area contributed by atoms with Gasteiger partial charge in [0, 0.05) is 10.9 Å². The van der Waals surface area contributed by atoms with Gasteiger partial charge in [0.1, 0.15) is 0 Å². The summed E-state index contributed by atoms with van der Waals surface area (Å²) >= 11 is 1.83. The van der Waals surface area contributed by atoms with Gasteiger partial charge in [0.15, 0.2) is 0 Å². The van der Waals surface area contributed by atoms with Gasteiger partial charge in [0.25, 0.3) is 0 Å². The van der Waals surface area contributed by atoms with Crippen molar-refractivity contribution in [1.29, 1.82) is 0 Å². The van der Waals surface area contributed by atoms with Crippen molar-refractivity contribution in [3.8, 4) is 0 Å². The van der Waals surface area contributed by atoms with Crippen molar-refractivity contribution in [2.24, 2.45) is 0 Å². The summed E-state index contributed by atoms with van der Waals surface area (Å²) in [6.45, 7) is 2.18. The van der Waals surface area contributed by atoms with E-state index in [1.807, 2.05) is 30.0 Å². The Morgan fingerprint density at radius 3 is 2.73 bits per heavy atom. The highest BCUT2D eigenvalue weighted by molar-refractivity contribution is 7.98. The third-order valence-electron chi connectivity index (χ3n) is 1.73. The van der Waals surface area contributed by atoms with E-state index in [0.717, 1.165) is 5.69 Å². The first kappa shape index (κ1) is 8.47. The maximum atomic E-state index is 5.64. The van der Waals surface area contributed by atoms with Crippen LogP contribution in [0.15, 0.2) is 24.3 Å². The molecule has 0 unspecified atom stereocenters. The second-order valence-electron chi connectivity index (χ2n) is 2.55. The van der Waals surface area contributed by atoms with Crippen molar-refractivity contribution in [3.05, 3.63) is 29.8 Å². The molecule has 11 heavy (non-hydrogen) atoms. The lowest BCUT2D eigenvalue weighted by molar-refractivity contribution is 1.11. The van der Waals surface area contributed by atoms with Gasteiger partial charge in [-0.1, -0.05) is 12.1 Å². The van der Waals surface area contributed by atoms with E-state index in [1.54, 1.807) is 0 Å². The highest BCUT2D eigenvalue weighted by Crippen LogP contribution is 2.26. The molecule has 2 heteroatoms. The van der Waals surface area contributed by atoms with Crippen LogP contribution in [0.1, 0.15) is 17.7 Å². The van der Waals surface area contributed by atoms with Gasteiger partial charge in [-0.05, 0) is 30.9 Å². The zero-order valence-corrected chi connectivity index (χ0v) is 7.69. The predicted octanol–water partition coefficient (Wildman–Crippen LogP) is 2.69. The Morgan fingerprint density at radius 1 is 1.45 bits per heavy atom. The smallest absolute Gasteiger partial charge is 0.0317 e. The van der Waals surface area contributed by atoms with Gasteiger partial charge < -0.3 is 5.73 Å². The van der Waals surface area contributed by atoms with E-state index in [4.69, 9.17) is 5.73 Å². The van der Waals surface area contributed by atoms with E-state index in [0.29, 0.717) is 5.25 Å². The third-order valence-corrected chi connectivity index (χ3v) is 2.71. The number of benzene rings is 1. The first-order chi connectivity index (χ1) is 5.24. The minimum atomic E-state index is 0.540. The van der Waals surface area contributed by atoms with Crippen LogP contribution in [0.3, 0.4) is 0 Å². The number of hydrogen-bond donors (Lipinski definition) is 1. The minimum Gasteiger partial charge on any atom is -0.399 e. The fourth-order valence-corrected chi connectivity index (χ4v) is 1.37. The summed E-state index contributed by atoms with van der Waals surface area (Å²) in [6, 6.07) is 8.05. The van der Waals surface area contributed by atoms with E-state index in [-0.39, 0.29) is 0 Å². The van der Waals surface area contributed by atoms with Crippen molar-refractivity contribution in [3.63, 3.8) is 0 Å². The van der Waals surface area contributed by atoms with Crippen molar-refractivity contribution >= 4 is 17.4 Å². The Bertz CT molecular complexity index is 235. The van der Waals surface area contributed by atoms with Gasteiger partial charge in [0.05, 0.1) is 0 Å². The molecule has 60 valence electrons. The van der Waals surface area contributed by atoms with Crippen LogP contribution < -0.4 is 5.73 Å². The van der Waals surface area contributed by atoms with Crippen LogP contribution in [0.2, 0.25) is 0 Å². The highest BCUT2D eigenvalue weighted by Gasteiger charge is 2.01. The zero-order valence-electron chi connectivity index (χ0n) is 6.87. The maximum Gasteiger partial charge on any atom is 0.0317 e. The Morgan fingerprint density at radius 2 is 2.18 bits per heavy atom. The van der Waals surface area contributed by atoms with Crippen molar-refractivity contribution in [2.75, 3.05) is 12.0 Å². The molecule has 0 radical (unpaired) electrons. The molecule has 0 saturated heterocycles. The summed E-state index contributed by atoms with van der Waals surface area (Å²) in [4.78, 5) is 0. The second kappa shape index (κ2) is 3.67. The lowest BCUT2D eigenvalue weighted by atomic mass is 10.1. The van der Waals surface area contributed by atoms with Gasteiger partial charge in [-0.25, -0.2) is 0 Å². The molecular weight excluding hydrogens is 154 g/mol. The van der Waals surface area contributed by atoms with E-state index in [2.05, 4.69) is 19.2 Å². The molecule has 0 aliphatic carbocycles. The number of nitrogen functional groups attached to an aromatic ring is 1. The summed E-state index contributed by atoms with van der Waals surface area (Å²) in [7, 11) is 0. The van der Waals surface area contributed by atoms with Gasteiger partial charge in [-0.3, -0.25) is 0 Å². The topological polar surface area (TPSA) is 26.0 Å². The SMILES string of the molecule is CS[C@@H](C)c1cccc(N)c1. The summed E-state index contributed by atoms with van der Waals surface area (Å²) < 4.78 is 0. The van der Waals surface area contributed by atoms with Crippen LogP contribution in [0.5, 0.6) is 0 Å². The van der Waals surface area contributed by atoms with Crippen LogP contribution in [0, 0.1) is 0 Å². The number of hydrogen-bond acceptors (Lipinski definition) is 2. The molecule has 0 bridgehead atoms. The van der Waals surface area contributed by atoms with E-state index in [9.17, 15) is 0 Å². The second-order valence-corrected chi connectivity index (χ2v) is 3.73. The zero-order chi connectivity index (χ0) is 8.27. The number of nitrogens with two attached hydrogens (primary N) is 1. The highest BCUT2D eigenvalue weighted by atomic mass is 32.2. The van der Waals surface area contributed by atoms with Crippen LogP contribution in [0.4, 0.5) is 5.69 Å². The van der Waals surface area contributed by atoms with Crippen molar-refractivity contribution in [2.45, 2.75) is 12.2 Å². The van der Waals surface area contributed by atoms with Crippen molar-refractivity contribution < 1.29 is 0 Å². The summed E-state index contributed by atoms with van der Waals surface area (Å²) in [5.41, 5.74) is 7.80. The molecule has 1 nitrogen and oxygen atoms in total. The molecule has 0 fully saturated rings. The lowest BCUT2D eigenvalue weighted by Crippen LogP contribution is -1.90. The predicted molar refractivity (Wildman–Crippen MR) is 52.8 cm³/mol. The maximum absolute atomic E-state index is 5.64. The lowest BCUT2D eigenvalue weighted by Gasteiger charge is -2.08. The molecular formula is C9H13NS. The van der Waals surface area contributed by atoms with Gasteiger partial charge >= 0.3 is 0 Å². The Hall–Kier alpha value is -0.630. The molecule has 0 heterocycles. The Balaban J connectivity index is 2.86. The monoisotopic (exact) mass is 167 g/mol. The molecule has 0 aliphatic heterocycles. The summed E-state index contributed by atoms with van der Waals surface area (Å²) in [5, 5.41) is 0.540. The molecule has 1 atom stereocenters. The average molecular weight is 167 g/mol. The first-order valence-electron chi connectivity index (χ1n) is 3.62. The van der Waals surface area contributed by atoms with Crippen LogP contribution in [0.25, 0.3) is 0 Å². The summed E-state index contributed by atoms with van der Waals surface area (Å²) in [6.07, 6.45) is 2.11. The van der Waals surface area contributed by atoms with Gasteiger partial charge in [0.2, 0.25) is 0 Å².